The van der Waals surface area contributed by atoms with E-state index >= 15 is 0 Å². The van der Waals surface area contributed by atoms with E-state index in [-0.39, 0.29) is 0 Å². The number of nitrogens with one attached hydrogen (secondary N) is 1. The summed E-state index contributed by atoms with van der Waals surface area (Å²) in [5, 5.41) is 5.59. The number of aromatic nitrogens is 1. The highest BCUT2D eigenvalue weighted by Gasteiger charge is 2.17. The summed E-state index contributed by atoms with van der Waals surface area (Å²) in [6.07, 6.45) is 6.05. The van der Waals surface area contributed by atoms with Crippen molar-refractivity contribution in [2.45, 2.75) is 46.0 Å². The van der Waals surface area contributed by atoms with E-state index in [1.54, 1.807) is 0 Å². The molecule has 0 atom stereocenters. The first-order valence-corrected chi connectivity index (χ1v) is 7.94. The van der Waals surface area contributed by atoms with Gasteiger partial charge >= 0.3 is 0 Å². The molecule has 3 rings (SSSR count). The Balaban J connectivity index is 2.30. The maximum atomic E-state index is 6.27. The third-order valence-electron chi connectivity index (χ3n) is 4.15. The van der Waals surface area contributed by atoms with Crippen LogP contribution in [0.5, 0.6) is 0 Å². The van der Waals surface area contributed by atoms with Crippen LogP contribution in [0, 0.1) is 6.92 Å². The van der Waals surface area contributed by atoms with Crippen LogP contribution < -0.4 is 5.32 Å². The zero-order valence-electron chi connectivity index (χ0n) is 12.2. The summed E-state index contributed by atoms with van der Waals surface area (Å²) in [4.78, 5) is 4.90. The van der Waals surface area contributed by atoms with Crippen molar-refractivity contribution in [2.75, 3.05) is 11.9 Å². The molecule has 0 aliphatic heterocycles. The maximum absolute atomic E-state index is 6.27. The van der Waals surface area contributed by atoms with E-state index in [4.69, 9.17) is 16.6 Å². The van der Waals surface area contributed by atoms with Crippen LogP contribution in [0.1, 0.15) is 43.0 Å². The lowest BCUT2D eigenvalue weighted by atomic mass is 10.0. The first kappa shape index (κ1) is 13.7. The van der Waals surface area contributed by atoms with Gasteiger partial charge in [0.1, 0.15) is 0 Å². The highest BCUT2D eigenvalue weighted by atomic mass is 35.5. The van der Waals surface area contributed by atoms with Crippen LogP contribution in [0.15, 0.2) is 12.1 Å². The Morgan fingerprint density at radius 3 is 2.80 bits per heavy atom. The van der Waals surface area contributed by atoms with Gasteiger partial charge in [-0.1, -0.05) is 18.0 Å². The van der Waals surface area contributed by atoms with Crippen molar-refractivity contribution in [3.63, 3.8) is 0 Å². The molecule has 0 saturated carbocycles. The average molecular weight is 289 g/mol. The van der Waals surface area contributed by atoms with Gasteiger partial charge in [-0.25, -0.2) is 0 Å². The van der Waals surface area contributed by atoms with E-state index in [0.717, 1.165) is 35.5 Å². The average Bonchev–Trinajstić information content (AvgIpc) is 2.66. The maximum Gasteiger partial charge on any atom is 0.0741 e. The summed E-state index contributed by atoms with van der Waals surface area (Å²) in [6, 6.07) is 4.19. The third kappa shape index (κ3) is 2.37. The van der Waals surface area contributed by atoms with Crippen molar-refractivity contribution in [3.05, 3.63) is 34.0 Å². The van der Waals surface area contributed by atoms with Gasteiger partial charge in [0, 0.05) is 28.3 Å². The number of nitrogens with zero attached hydrogens (tertiary/aromatic N) is 1. The van der Waals surface area contributed by atoms with Gasteiger partial charge in [-0.05, 0) is 62.8 Å². The van der Waals surface area contributed by atoms with Gasteiger partial charge in [-0.3, -0.25) is 4.98 Å². The van der Waals surface area contributed by atoms with E-state index in [2.05, 4.69) is 25.2 Å². The van der Waals surface area contributed by atoms with Gasteiger partial charge in [0.2, 0.25) is 0 Å². The van der Waals surface area contributed by atoms with E-state index in [9.17, 15) is 0 Å². The fourth-order valence-corrected chi connectivity index (χ4v) is 3.27. The summed E-state index contributed by atoms with van der Waals surface area (Å²) in [6.45, 7) is 5.15. The van der Waals surface area contributed by atoms with Crippen LogP contribution in [0.3, 0.4) is 0 Å². The topological polar surface area (TPSA) is 24.9 Å². The number of hydrogen-bond donors (Lipinski definition) is 1. The normalized spacial score (nSPS) is 14.9. The lowest BCUT2D eigenvalue weighted by Crippen LogP contribution is -2.06. The van der Waals surface area contributed by atoms with Crippen molar-refractivity contribution in [3.8, 4) is 0 Å². The van der Waals surface area contributed by atoms with Crippen molar-refractivity contribution >= 4 is 28.2 Å². The Hall–Kier alpha value is -1.28. The summed E-state index contributed by atoms with van der Waals surface area (Å²) in [7, 11) is 0. The van der Waals surface area contributed by atoms with Crippen LogP contribution in [0.25, 0.3) is 10.9 Å². The molecule has 2 nitrogen and oxygen atoms in total. The second kappa shape index (κ2) is 5.61. The quantitative estimate of drug-likeness (QED) is 0.795. The van der Waals surface area contributed by atoms with Gasteiger partial charge in [-0.2, -0.15) is 0 Å². The smallest absolute Gasteiger partial charge is 0.0741 e. The van der Waals surface area contributed by atoms with Crippen molar-refractivity contribution < 1.29 is 0 Å². The molecular formula is C17H21ClN2. The standard InChI is InChI=1S/C17H21ClN2/c1-3-19-17-12-7-5-4-6-8-15(12)20-16-10-14(18)11(2)9-13(16)17/h9-10H,3-8H2,1-2H3,(H,19,20). The highest BCUT2D eigenvalue weighted by Crippen LogP contribution is 2.34. The van der Waals surface area contributed by atoms with Crippen molar-refractivity contribution in [2.24, 2.45) is 0 Å². The van der Waals surface area contributed by atoms with E-state index in [1.807, 2.05) is 6.07 Å². The Labute approximate surface area is 125 Å². The number of aryl methyl sites for hydroxylation is 2. The minimum absolute atomic E-state index is 0.807. The molecule has 0 saturated heterocycles. The van der Waals surface area contributed by atoms with Crippen LogP contribution in [-0.4, -0.2) is 11.5 Å². The molecular weight excluding hydrogens is 268 g/mol. The van der Waals surface area contributed by atoms with Gasteiger partial charge in [0.05, 0.1) is 5.52 Å². The fraction of sp³-hybridized carbons (Fsp3) is 0.471. The monoisotopic (exact) mass is 288 g/mol. The molecule has 0 fully saturated rings. The van der Waals surface area contributed by atoms with Crippen molar-refractivity contribution in [1.29, 1.82) is 0 Å². The number of anilines is 1. The number of benzene rings is 1. The molecule has 0 radical (unpaired) electrons. The van der Waals surface area contributed by atoms with Gasteiger partial charge < -0.3 is 5.32 Å². The van der Waals surface area contributed by atoms with Crippen LogP contribution in [-0.2, 0) is 12.8 Å². The second-order valence-corrected chi connectivity index (χ2v) is 6.03. The SMILES string of the molecule is CCNc1c2c(nc3cc(Cl)c(C)cc13)CCCCC2. The summed E-state index contributed by atoms with van der Waals surface area (Å²) >= 11 is 6.27. The van der Waals surface area contributed by atoms with Gasteiger partial charge in [0.25, 0.3) is 0 Å². The summed E-state index contributed by atoms with van der Waals surface area (Å²) in [5.41, 5.74) is 6.13. The van der Waals surface area contributed by atoms with E-state index < -0.39 is 0 Å². The summed E-state index contributed by atoms with van der Waals surface area (Å²) in [5.74, 6) is 0. The molecule has 1 heterocycles. The molecule has 3 heteroatoms. The Bertz CT molecular complexity index is 649. The number of halogens is 1. The molecule has 2 aromatic rings. The number of rotatable bonds is 2. The van der Waals surface area contributed by atoms with Crippen molar-refractivity contribution in [1.82, 2.24) is 4.98 Å². The highest BCUT2D eigenvalue weighted by molar-refractivity contribution is 6.32. The zero-order chi connectivity index (χ0) is 14.1. The van der Waals surface area contributed by atoms with E-state index in [0.29, 0.717) is 0 Å². The first-order valence-electron chi connectivity index (χ1n) is 7.56. The fourth-order valence-electron chi connectivity index (χ4n) is 3.11. The Morgan fingerprint density at radius 2 is 2.00 bits per heavy atom. The third-order valence-corrected chi connectivity index (χ3v) is 4.55. The minimum Gasteiger partial charge on any atom is -0.384 e. The number of hydrogen-bond acceptors (Lipinski definition) is 2. The predicted molar refractivity (Wildman–Crippen MR) is 86.9 cm³/mol. The lowest BCUT2D eigenvalue weighted by molar-refractivity contribution is 0.709. The van der Waals surface area contributed by atoms with Crippen LogP contribution >= 0.6 is 11.6 Å². The number of pyridine rings is 1. The molecule has 0 amide bonds. The Morgan fingerprint density at radius 1 is 1.20 bits per heavy atom. The molecule has 1 aromatic carbocycles. The number of fused-ring (bicyclic) bond motifs is 2. The molecule has 1 aliphatic rings. The predicted octanol–water partition coefficient (Wildman–Crippen LogP) is 4.90. The first-order chi connectivity index (χ1) is 9.70. The molecule has 1 aliphatic carbocycles. The molecule has 0 spiro atoms. The zero-order valence-corrected chi connectivity index (χ0v) is 13.0. The van der Waals surface area contributed by atoms with Crippen LogP contribution in [0.4, 0.5) is 5.69 Å². The molecule has 106 valence electrons. The molecule has 0 bridgehead atoms. The summed E-state index contributed by atoms with van der Waals surface area (Å²) < 4.78 is 0. The second-order valence-electron chi connectivity index (χ2n) is 5.62. The van der Waals surface area contributed by atoms with Gasteiger partial charge in [-0.15, -0.1) is 0 Å². The van der Waals surface area contributed by atoms with Gasteiger partial charge in [0.15, 0.2) is 0 Å². The minimum atomic E-state index is 0.807. The van der Waals surface area contributed by atoms with Crippen LogP contribution in [0.2, 0.25) is 5.02 Å². The molecule has 20 heavy (non-hydrogen) atoms. The lowest BCUT2D eigenvalue weighted by Gasteiger charge is -2.17. The Kier molecular flexibility index (Phi) is 3.84. The molecule has 1 aromatic heterocycles. The largest absolute Gasteiger partial charge is 0.384 e. The molecule has 1 N–H and O–H groups in total. The van der Waals surface area contributed by atoms with E-state index in [1.165, 1.54) is 41.6 Å². The molecule has 0 unspecified atom stereocenters.